The lowest BCUT2D eigenvalue weighted by Crippen LogP contribution is -2.41. The van der Waals surface area contributed by atoms with Crippen LogP contribution in [0, 0.1) is 0 Å². The molecule has 0 aliphatic rings. The maximum absolute atomic E-state index is 12.1. The van der Waals surface area contributed by atoms with E-state index in [1.165, 1.54) is 7.11 Å². The fraction of sp³-hybridized carbons (Fsp3) is 0.462. The van der Waals surface area contributed by atoms with Crippen molar-refractivity contribution in [3.8, 4) is 0 Å². The number of rotatable bonds is 6. The first-order valence-corrected chi connectivity index (χ1v) is 7.88. The van der Waals surface area contributed by atoms with Gasteiger partial charge < -0.3 is 10.1 Å². The minimum atomic E-state index is -3.55. The molecule has 112 valence electrons. The van der Waals surface area contributed by atoms with Gasteiger partial charge in [0.25, 0.3) is 5.91 Å². The number of primary sulfonamides is 1. The van der Waals surface area contributed by atoms with E-state index in [0.717, 1.165) is 0 Å². The number of benzene rings is 1. The van der Waals surface area contributed by atoms with Gasteiger partial charge >= 0.3 is 0 Å². The van der Waals surface area contributed by atoms with Crippen LogP contribution in [0.4, 0.5) is 5.69 Å². The van der Waals surface area contributed by atoms with Crippen molar-refractivity contribution in [1.29, 1.82) is 0 Å². The fourth-order valence-corrected chi connectivity index (χ4v) is 2.23. The van der Waals surface area contributed by atoms with E-state index in [1.54, 1.807) is 31.2 Å². The van der Waals surface area contributed by atoms with E-state index in [1.807, 2.05) is 6.92 Å². The quantitative estimate of drug-likeness (QED) is 0.825. The smallest absolute Gasteiger partial charge is 0.256 e. The predicted octanol–water partition coefficient (Wildman–Crippen LogP) is 1.23. The van der Waals surface area contributed by atoms with E-state index >= 15 is 0 Å². The van der Waals surface area contributed by atoms with Gasteiger partial charge in [0.15, 0.2) is 0 Å². The van der Waals surface area contributed by atoms with Crippen molar-refractivity contribution >= 4 is 21.6 Å². The molecule has 20 heavy (non-hydrogen) atoms. The Morgan fingerprint density at radius 3 is 2.30 bits per heavy atom. The molecule has 0 spiro atoms. The van der Waals surface area contributed by atoms with Gasteiger partial charge in [0.1, 0.15) is 5.60 Å². The summed E-state index contributed by atoms with van der Waals surface area (Å²) in [6.45, 7) is 3.57. The van der Waals surface area contributed by atoms with Crippen LogP contribution in [0.25, 0.3) is 0 Å². The van der Waals surface area contributed by atoms with Crippen molar-refractivity contribution in [3.05, 3.63) is 29.8 Å². The molecule has 0 heterocycles. The van der Waals surface area contributed by atoms with Gasteiger partial charge in [0.05, 0.1) is 5.75 Å². The lowest BCUT2D eigenvalue weighted by molar-refractivity contribution is -0.136. The van der Waals surface area contributed by atoms with Crippen molar-refractivity contribution in [2.24, 2.45) is 5.14 Å². The summed E-state index contributed by atoms with van der Waals surface area (Å²) < 4.78 is 27.1. The van der Waals surface area contributed by atoms with Crippen molar-refractivity contribution in [2.75, 3.05) is 12.4 Å². The Kier molecular flexibility index (Phi) is 5.27. The van der Waals surface area contributed by atoms with Crippen LogP contribution in [-0.2, 0) is 25.3 Å². The number of anilines is 1. The number of carbonyl (C=O) groups is 1. The normalized spacial score (nSPS) is 14.6. The zero-order valence-corrected chi connectivity index (χ0v) is 12.7. The van der Waals surface area contributed by atoms with Crippen LogP contribution < -0.4 is 10.5 Å². The molecule has 1 aromatic carbocycles. The van der Waals surface area contributed by atoms with Crippen LogP contribution in [0.1, 0.15) is 25.8 Å². The number of hydrogen-bond acceptors (Lipinski definition) is 4. The highest BCUT2D eigenvalue weighted by Crippen LogP contribution is 2.18. The molecule has 0 saturated carbocycles. The highest BCUT2D eigenvalue weighted by molar-refractivity contribution is 7.88. The van der Waals surface area contributed by atoms with Crippen molar-refractivity contribution in [1.82, 2.24) is 0 Å². The van der Waals surface area contributed by atoms with Gasteiger partial charge in [-0.3, -0.25) is 4.79 Å². The van der Waals surface area contributed by atoms with E-state index in [-0.39, 0.29) is 11.7 Å². The Labute approximate surface area is 119 Å². The monoisotopic (exact) mass is 300 g/mol. The van der Waals surface area contributed by atoms with Crippen LogP contribution >= 0.6 is 0 Å². The van der Waals surface area contributed by atoms with Crippen LogP contribution in [0.15, 0.2) is 24.3 Å². The topological polar surface area (TPSA) is 98.5 Å². The van der Waals surface area contributed by atoms with Gasteiger partial charge in [0.2, 0.25) is 10.0 Å². The van der Waals surface area contributed by atoms with Gasteiger partial charge in [-0.15, -0.1) is 0 Å². The molecular weight excluding hydrogens is 280 g/mol. The summed E-state index contributed by atoms with van der Waals surface area (Å²) in [5.74, 6) is -0.479. The highest BCUT2D eigenvalue weighted by Gasteiger charge is 2.30. The van der Waals surface area contributed by atoms with E-state index in [4.69, 9.17) is 9.88 Å². The van der Waals surface area contributed by atoms with Crippen LogP contribution in [-0.4, -0.2) is 27.0 Å². The Hall–Kier alpha value is -1.44. The van der Waals surface area contributed by atoms with E-state index < -0.39 is 15.6 Å². The minimum Gasteiger partial charge on any atom is -0.369 e. The maximum atomic E-state index is 12.1. The standard InChI is InChI=1S/C13H20N2O4S/c1-4-13(2,19-3)12(16)15-11-7-5-10(6-8-11)9-20(14,17)18/h5-8H,4,9H2,1-3H3,(H,15,16)(H2,14,17,18). The van der Waals surface area contributed by atoms with Crippen molar-refractivity contribution in [3.63, 3.8) is 0 Å². The molecule has 0 aliphatic heterocycles. The molecule has 6 nitrogen and oxygen atoms in total. The van der Waals surface area contributed by atoms with Crippen molar-refractivity contribution < 1.29 is 17.9 Å². The molecule has 3 N–H and O–H groups in total. The molecule has 1 rings (SSSR count). The number of hydrogen-bond donors (Lipinski definition) is 2. The summed E-state index contributed by atoms with van der Waals surface area (Å²) in [6, 6.07) is 6.47. The molecule has 1 aromatic rings. The summed E-state index contributed by atoms with van der Waals surface area (Å²) >= 11 is 0. The summed E-state index contributed by atoms with van der Waals surface area (Å²) in [6.07, 6.45) is 0.541. The number of methoxy groups -OCH3 is 1. The van der Waals surface area contributed by atoms with Gasteiger partial charge in [-0.25, -0.2) is 13.6 Å². The average molecular weight is 300 g/mol. The second kappa shape index (κ2) is 6.34. The third-order valence-corrected chi connectivity index (χ3v) is 3.92. The lowest BCUT2D eigenvalue weighted by Gasteiger charge is -2.25. The zero-order valence-electron chi connectivity index (χ0n) is 11.8. The summed E-state index contributed by atoms with van der Waals surface area (Å²) in [5, 5.41) is 7.70. The van der Waals surface area contributed by atoms with Gasteiger partial charge in [-0.1, -0.05) is 19.1 Å². The lowest BCUT2D eigenvalue weighted by atomic mass is 10.0. The third-order valence-electron chi connectivity index (χ3n) is 3.19. The van der Waals surface area contributed by atoms with Crippen LogP contribution in [0.5, 0.6) is 0 Å². The highest BCUT2D eigenvalue weighted by atomic mass is 32.2. The molecule has 1 amide bonds. The Morgan fingerprint density at radius 2 is 1.90 bits per heavy atom. The van der Waals surface area contributed by atoms with Crippen LogP contribution in [0.2, 0.25) is 0 Å². The van der Waals surface area contributed by atoms with E-state index in [2.05, 4.69) is 5.32 Å². The molecule has 1 unspecified atom stereocenters. The van der Waals surface area contributed by atoms with Gasteiger partial charge in [-0.05, 0) is 31.0 Å². The average Bonchev–Trinajstić information content (AvgIpc) is 2.38. The number of nitrogens with two attached hydrogens (primary N) is 1. The second-order valence-electron chi connectivity index (χ2n) is 4.75. The molecule has 7 heteroatoms. The first-order valence-electron chi connectivity index (χ1n) is 6.16. The summed E-state index contributed by atoms with van der Waals surface area (Å²) in [4.78, 5) is 12.1. The molecule has 1 atom stereocenters. The molecule has 0 fully saturated rings. The molecule has 0 aromatic heterocycles. The zero-order chi connectivity index (χ0) is 15.4. The molecule has 0 radical (unpaired) electrons. The Morgan fingerprint density at radius 1 is 1.35 bits per heavy atom. The summed E-state index contributed by atoms with van der Waals surface area (Å²) in [7, 11) is -2.07. The predicted molar refractivity (Wildman–Crippen MR) is 77.6 cm³/mol. The molecular formula is C13H20N2O4S. The fourth-order valence-electron chi connectivity index (χ4n) is 1.58. The van der Waals surface area contributed by atoms with Gasteiger partial charge in [0, 0.05) is 12.8 Å². The molecule has 0 bridgehead atoms. The SMILES string of the molecule is CCC(C)(OC)C(=O)Nc1ccc(CS(N)(=O)=O)cc1. The van der Waals surface area contributed by atoms with E-state index in [0.29, 0.717) is 17.7 Å². The number of carbonyl (C=O) groups excluding carboxylic acids is 1. The van der Waals surface area contributed by atoms with Crippen molar-refractivity contribution in [2.45, 2.75) is 31.6 Å². The number of nitrogens with one attached hydrogen (secondary N) is 1. The number of amides is 1. The van der Waals surface area contributed by atoms with Crippen LogP contribution in [0.3, 0.4) is 0 Å². The molecule has 0 saturated heterocycles. The number of sulfonamides is 1. The summed E-state index contributed by atoms with van der Waals surface area (Å²) in [5.41, 5.74) is 0.250. The number of ether oxygens (including phenoxy) is 1. The van der Waals surface area contributed by atoms with Gasteiger partial charge in [-0.2, -0.15) is 0 Å². The maximum Gasteiger partial charge on any atom is 0.256 e. The van der Waals surface area contributed by atoms with E-state index in [9.17, 15) is 13.2 Å². The Balaban J connectivity index is 2.78. The third kappa shape index (κ3) is 4.59. The first kappa shape index (κ1) is 16.6. The Bertz CT molecular complexity index is 563. The first-order chi connectivity index (χ1) is 9.20. The largest absolute Gasteiger partial charge is 0.369 e. The minimum absolute atomic E-state index is 0.230. The second-order valence-corrected chi connectivity index (χ2v) is 6.36. The molecule has 0 aliphatic carbocycles.